The van der Waals surface area contributed by atoms with E-state index in [0.29, 0.717) is 17.2 Å². The Hall–Kier alpha value is -1.46. The number of amides is 1. The van der Waals surface area contributed by atoms with Crippen LogP contribution in [0.2, 0.25) is 10.0 Å². The van der Waals surface area contributed by atoms with Gasteiger partial charge in [-0.25, -0.2) is 4.79 Å². The van der Waals surface area contributed by atoms with Gasteiger partial charge < -0.3 is 15.2 Å². The summed E-state index contributed by atoms with van der Waals surface area (Å²) in [5.41, 5.74) is 0. The molecule has 0 heterocycles. The summed E-state index contributed by atoms with van der Waals surface area (Å²) in [6, 6.07) is 3.68. The summed E-state index contributed by atoms with van der Waals surface area (Å²) in [5, 5.41) is 12.3. The quantitative estimate of drug-likeness (QED) is 0.804. The van der Waals surface area contributed by atoms with Crippen LogP contribution in [0.3, 0.4) is 0 Å². The molecule has 2 atom stereocenters. The fourth-order valence-corrected chi connectivity index (χ4v) is 2.10. The van der Waals surface area contributed by atoms with E-state index < -0.39 is 17.9 Å². The molecule has 0 aromatic heterocycles. The van der Waals surface area contributed by atoms with Crippen LogP contribution in [0.5, 0.6) is 5.75 Å². The second-order valence-electron chi connectivity index (χ2n) is 4.63. The molecule has 0 bridgehead atoms. The predicted molar refractivity (Wildman–Crippen MR) is 81.0 cm³/mol. The molecule has 1 aromatic carbocycles. The van der Waals surface area contributed by atoms with Crippen molar-refractivity contribution >= 4 is 35.1 Å². The predicted octanol–water partition coefficient (Wildman–Crippen LogP) is 2.99. The fraction of sp³-hybridized carbons (Fsp3) is 0.429. The zero-order valence-electron chi connectivity index (χ0n) is 11.7. The molecule has 116 valence electrons. The Morgan fingerprint density at radius 2 is 2.05 bits per heavy atom. The monoisotopic (exact) mass is 333 g/mol. The molecule has 0 radical (unpaired) electrons. The maximum atomic E-state index is 11.8. The van der Waals surface area contributed by atoms with Crippen LogP contribution in [0.1, 0.15) is 20.3 Å². The summed E-state index contributed by atoms with van der Waals surface area (Å²) in [7, 11) is 0. The number of hydrogen-bond acceptors (Lipinski definition) is 3. The van der Waals surface area contributed by atoms with E-state index in [1.807, 2.05) is 6.92 Å². The lowest BCUT2D eigenvalue weighted by atomic mass is 9.99. The molecule has 0 fully saturated rings. The normalized spacial score (nSPS) is 13.3. The molecule has 5 nitrogen and oxygen atoms in total. The van der Waals surface area contributed by atoms with Crippen LogP contribution in [0.15, 0.2) is 18.2 Å². The van der Waals surface area contributed by atoms with Crippen molar-refractivity contribution in [3.05, 3.63) is 28.2 Å². The minimum Gasteiger partial charge on any atom is -0.482 e. The third-order valence-electron chi connectivity index (χ3n) is 3.05. The van der Waals surface area contributed by atoms with E-state index in [-0.39, 0.29) is 17.5 Å². The van der Waals surface area contributed by atoms with Crippen LogP contribution in [0, 0.1) is 5.92 Å². The molecule has 0 saturated heterocycles. The third-order valence-corrected chi connectivity index (χ3v) is 3.58. The molecule has 1 amide bonds. The van der Waals surface area contributed by atoms with Crippen molar-refractivity contribution in [1.29, 1.82) is 0 Å². The highest BCUT2D eigenvalue weighted by molar-refractivity contribution is 6.35. The zero-order valence-corrected chi connectivity index (χ0v) is 13.2. The van der Waals surface area contributed by atoms with Gasteiger partial charge in [-0.05, 0) is 24.1 Å². The smallest absolute Gasteiger partial charge is 0.326 e. The number of aliphatic carboxylic acids is 1. The SMILES string of the molecule is CCC(C)[C@H](NC(=O)COc1ccc(Cl)cc1Cl)C(=O)O. The van der Waals surface area contributed by atoms with Crippen molar-refractivity contribution in [2.45, 2.75) is 26.3 Å². The largest absolute Gasteiger partial charge is 0.482 e. The first-order valence-electron chi connectivity index (χ1n) is 6.45. The topological polar surface area (TPSA) is 75.6 Å². The van der Waals surface area contributed by atoms with Gasteiger partial charge in [0.05, 0.1) is 5.02 Å². The van der Waals surface area contributed by atoms with E-state index in [4.69, 9.17) is 33.0 Å². The zero-order chi connectivity index (χ0) is 16.0. The van der Waals surface area contributed by atoms with Gasteiger partial charge in [0.15, 0.2) is 6.61 Å². The summed E-state index contributed by atoms with van der Waals surface area (Å²) in [6.07, 6.45) is 0.640. The lowest BCUT2D eigenvalue weighted by Crippen LogP contribution is -2.46. The molecule has 0 spiro atoms. The number of ether oxygens (including phenoxy) is 1. The Morgan fingerprint density at radius 1 is 1.38 bits per heavy atom. The number of rotatable bonds is 7. The fourth-order valence-electron chi connectivity index (χ4n) is 1.63. The lowest BCUT2D eigenvalue weighted by Gasteiger charge is -2.20. The van der Waals surface area contributed by atoms with E-state index in [0.717, 1.165) is 0 Å². The minimum atomic E-state index is -1.07. The Kier molecular flexibility index (Phi) is 6.78. The molecule has 0 saturated carbocycles. The maximum absolute atomic E-state index is 11.8. The summed E-state index contributed by atoms with van der Waals surface area (Å²) in [5.74, 6) is -1.45. The second kappa shape index (κ2) is 8.10. The Morgan fingerprint density at radius 3 is 2.57 bits per heavy atom. The molecular weight excluding hydrogens is 317 g/mol. The molecule has 0 aliphatic heterocycles. The van der Waals surface area contributed by atoms with E-state index in [9.17, 15) is 9.59 Å². The van der Waals surface area contributed by atoms with Gasteiger partial charge >= 0.3 is 5.97 Å². The van der Waals surface area contributed by atoms with Crippen LogP contribution < -0.4 is 10.1 Å². The molecule has 2 N–H and O–H groups in total. The number of hydrogen-bond donors (Lipinski definition) is 2. The Balaban J connectivity index is 2.58. The van der Waals surface area contributed by atoms with Crippen molar-refractivity contribution < 1.29 is 19.4 Å². The van der Waals surface area contributed by atoms with Gasteiger partial charge in [0.1, 0.15) is 11.8 Å². The highest BCUT2D eigenvalue weighted by Gasteiger charge is 2.25. The number of halogens is 2. The van der Waals surface area contributed by atoms with Crippen LogP contribution in [-0.2, 0) is 9.59 Å². The number of carbonyl (C=O) groups is 2. The molecule has 7 heteroatoms. The maximum Gasteiger partial charge on any atom is 0.326 e. The highest BCUT2D eigenvalue weighted by atomic mass is 35.5. The van der Waals surface area contributed by atoms with Gasteiger partial charge in [0, 0.05) is 5.02 Å². The van der Waals surface area contributed by atoms with Gasteiger partial charge in [-0.3, -0.25) is 4.79 Å². The average Bonchev–Trinajstić information content (AvgIpc) is 2.42. The first-order chi connectivity index (χ1) is 9.85. The molecular formula is C14H17Cl2NO4. The first-order valence-corrected chi connectivity index (χ1v) is 7.20. The number of carbonyl (C=O) groups excluding carboxylic acids is 1. The van der Waals surface area contributed by atoms with E-state index in [1.54, 1.807) is 19.1 Å². The van der Waals surface area contributed by atoms with Crippen molar-refractivity contribution in [2.24, 2.45) is 5.92 Å². The van der Waals surface area contributed by atoms with Crippen molar-refractivity contribution in [2.75, 3.05) is 6.61 Å². The standard InChI is InChI=1S/C14H17Cl2NO4/c1-3-8(2)13(14(19)20)17-12(18)7-21-11-5-4-9(15)6-10(11)16/h4-6,8,13H,3,7H2,1-2H3,(H,17,18)(H,19,20)/t8?,13-/m0/s1. The number of benzene rings is 1. The summed E-state index contributed by atoms with van der Waals surface area (Å²) >= 11 is 11.7. The molecule has 1 rings (SSSR count). The average molecular weight is 334 g/mol. The van der Waals surface area contributed by atoms with Crippen molar-refractivity contribution in [3.63, 3.8) is 0 Å². The highest BCUT2D eigenvalue weighted by Crippen LogP contribution is 2.27. The van der Waals surface area contributed by atoms with Gasteiger partial charge in [-0.1, -0.05) is 43.5 Å². The van der Waals surface area contributed by atoms with Crippen molar-refractivity contribution in [1.82, 2.24) is 5.32 Å². The van der Waals surface area contributed by atoms with E-state index in [1.165, 1.54) is 6.07 Å². The first kappa shape index (κ1) is 17.6. The molecule has 0 aliphatic rings. The Bertz CT molecular complexity index is 522. The summed E-state index contributed by atoms with van der Waals surface area (Å²) < 4.78 is 5.25. The second-order valence-corrected chi connectivity index (χ2v) is 5.48. The Labute approximate surface area is 133 Å². The van der Waals surface area contributed by atoms with Crippen LogP contribution in [0.4, 0.5) is 0 Å². The molecule has 21 heavy (non-hydrogen) atoms. The number of nitrogens with one attached hydrogen (secondary N) is 1. The van der Waals surface area contributed by atoms with E-state index in [2.05, 4.69) is 5.32 Å². The number of carboxylic acids is 1. The van der Waals surface area contributed by atoms with Crippen LogP contribution in [-0.4, -0.2) is 29.6 Å². The minimum absolute atomic E-state index is 0.175. The molecule has 1 aromatic rings. The third kappa shape index (κ3) is 5.44. The van der Waals surface area contributed by atoms with Gasteiger partial charge in [-0.2, -0.15) is 0 Å². The van der Waals surface area contributed by atoms with Crippen LogP contribution >= 0.6 is 23.2 Å². The van der Waals surface area contributed by atoms with Gasteiger partial charge in [-0.15, -0.1) is 0 Å². The molecule has 1 unspecified atom stereocenters. The molecule has 0 aliphatic carbocycles. The summed E-state index contributed by atoms with van der Waals surface area (Å²) in [6.45, 7) is 3.30. The van der Waals surface area contributed by atoms with Gasteiger partial charge in [0.2, 0.25) is 0 Å². The number of carboxylic acid groups (broad SMARTS) is 1. The summed E-state index contributed by atoms with van der Waals surface area (Å²) in [4.78, 5) is 22.9. The van der Waals surface area contributed by atoms with Crippen molar-refractivity contribution in [3.8, 4) is 5.75 Å². The van der Waals surface area contributed by atoms with Gasteiger partial charge in [0.25, 0.3) is 5.91 Å². The van der Waals surface area contributed by atoms with Crippen LogP contribution in [0.25, 0.3) is 0 Å². The van der Waals surface area contributed by atoms with E-state index >= 15 is 0 Å². The lowest BCUT2D eigenvalue weighted by molar-refractivity contribution is -0.143.